The van der Waals surface area contributed by atoms with E-state index in [1.807, 2.05) is 13.8 Å². The Kier molecular flexibility index (Phi) is 5.76. The summed E-state index contributed by atoms with van der Waals surface area (Å²) in [6.45, 7) is 6.75. The Hall–Kier alpha value is -1.82. The Morgan fingerprint density at radius 2 is 2.05 bits per heavy atom. The number of carbonyl (C=O) groups excluding carboxylic acids is 1. The van der Waals surface area contributed by atoms with Crippen molar-refractivity contribution in [3.63, 3.8) is 0 Å². The SMILES string of the molecule is CCN(CC)C(=O)C(C)Nc1cc(C(=O)O)c(Cl)cn1. The number of nitrogens with zero attached hydrogens (tertiary/aromatic N) is 2. The Bertz CT molecular complexity index is 504. The van der Waals surface area contributed by atoms with Gasteiger partial charge in [-0.25, -0.2) is 9.78 Å². The van der Waals surface area contributed by atoms with Crippen LogP contribution >= 0.6 is 11.6 Å². The average Bonchev–Trinajstić information content (AvgIpc) is 2.41. The van der Waals surface area contributed by atoms with Crippen molar-refractivity contribution >= 4 is 29.3 Å². The number of amides is 1. The van der Waals surface area contributed by atoms with Crippen LogP contribution in [-0.2, 0) is 4.79 Å². The molecule has 0 aromatic carbocycles. The van der Waals surface area contributed by atoms with Crippen molar-refractivity contribution in [2.45, 2.75) is 26.8 Å². The van der Waals surface area contributed by atoms with Crippen LogP contribution in [0.15, 0.2) is 12.3 Å². The fourth-order valence-corrected chi connectivity index (χ4v) is 1.96. The normalized spacial score (nSPS) is 11.8. The van der Waals surface area contributed by atoms with Crippen molar-refractivity contribution in [3.8, 4) is 0 Å². The number of carbonyl (C=O) groups is 2. The lowest BCUT2D eigenvalue weighted by Crippen LogP contribution is -2.41. The van der Waals surface area contributed by atoms with E-state index in [1.165, 1.54) is 12.3 Å². The van der Waals surface area contributed by atoms with Crippen LogP contribution in [0.3, 0.4) is 0 Å². The molecule has 1 aromatic heterocycles. The Morgan fingerprint density at radius 1 is 1.45 bits per heavy atom. The number of pyridine rings is 1. The van der Waals surface area contributed by atoms with Gasteiger partial charge in [-0.1, -0.05) is 11.6 Å². The Balaban J connectivity index is 2.85. The second-order valence-corrected chi connectivity index (χ2v) is 4.64. The summed E-state index contributed by atoms with van der Waals surface area (Å²) in [5.41, 5.74) is -0.0494. The number of carboxylic acids is 1. The van der Waals surface area contributed by atoms with E-state index in [9.17, 15) is 9.59 Å². The fraction of sp³-hybridized carbons (Fsp3) is 0.462. The molecule has 110 valence electrons. The van der Waals surface area contributed by atoms with Crippen molar-refractivity contribution in [2.75, 3.05) is 18.4 Å². The molecular formula is C13H18ClN3O3. The molecule has 0 aliphatic carbocycles. The third-order valence-corrected chi connectivity index (χ3v) is 3.20. The minimum atomic E-state index is -1.14. The first-order valence-corrected chi connectivity index (χ1v) is 6.72. The summed E-state index contributed by atoms with van der Waals surface area (Å²) < 4.78 is 0. The van der Waals surface area contributed by atoms with Gasteiger partial charge in [0.2, 0.25) is 5.91 Å². The average molecular weight is 300 g/mol. The molecule has 0 saturated heterocycles. The van der Waals surface area contributed by atoms with Gasteiger partial charge in [-0.05, 0) is 26.8 Å². The Labute approximate surface area is 122 Å². The molecule has 0 spiro atoms. The summed E-state index contributed by atoms with van der Waals surface area (Å²) in [6.07, 6.45) is 1.25. The van der Waals surface area contributed by atoms with E-state index in [1.54, 1.807) is 11.8 Å². The lowest BCUT2D eigenvalue weighted by atomic mass is 10.2. The summed E-state index contributed by atoms with van der Waals surface area (Å²) in [5.74, 6) is -0.897. The highest BCUT2D eigenvalue weighted by Gasteiger charge is 2.19. The summed E-state index contributed by atoms with van der Waals surface area (Å²) in [5, 5.41) is 11.9. The number of hydrogen-bond acceptors (Lipinski definition) is 4. The molecule has 1 heterocycles. The molecule has 1 aromatic rings. The van der Waals surface area contributed by atoms with Gasteiger partial charge in [-0.2, -0.15) is 0 Å². The number of nitrogens with one attached hydrogen (secondary N) is 1. The van der Waals surface area contributed by atoms with Gasteiger partial charge in [0.05, 0.1) is 10.6 Å². The number of aromatic nitrogens is 1. The molecular weight excluding hydrogens is 282 g/mol. The van der Waals surface area contributed by atoms with E-state index >= 15 is 0 Å². The summed E-state index contributed by atoms with van der Waals surface area (Å²) in [7, 11) is 0. The highest BCUT2D eigenvalue weighted by atomic mass is 35.5. The highest BCUT2D eigenvalue weighted by molar-refractivity contribution is 6.33. The standard InChI is InChI=1S/C13H18ClN3O3/c1-4-17(5-2)12(18)8(3)16-11-6-9(13(19)20)10(14)7-15-11/h6-8H,4-5H2,1-3H3,(H,15,16)(H,19,20). The van der Waals surface area contributed by atoms with Crippen LogP contribution in [0.25, 0.3) is 0 Å². The van der Waals surface area contributed by atoms with E-state index in [0.29, 0.717) is 18.9 Å². The number of halogens is 1. The minimum absolute atomic E-state index is 0.0494. The number of aromatic carboxylic acids is 1. The lowest BCUT2D eigenvalue weighted by Gasteiger charge is -2.23. The molecule has 0 bridgehead atoms. The zero-order valence-electron chi connectivity index (χ0n) is 11.7. The van der Waals surface area contributed by atoms with E-state index in [0.717, 1.165) is 0 Å². The predicted octanol–water partition coefficient (Wildman–Crippen LogP) is 2.10. The van der Waals surface area contributed by atoms with Crippen molar-refractivity contribution in [3.05, 3.63) is 22.8 Å². The summed E-state index contributed by atoms with van der Waals surface area (Å²) >= 11 is 5.74. The quantitative estimate of drug-likeness (QED) is 0.840. The number of rotatable bonds is 6. The molecule has 1 amide bonds. The molecule has 1 rings (SSSR count). The molecule has 0 aliphatic heterocycles. The van der Waals surface area contributed by atoms with Crippen molar-refractivity contribution in [1.29, 1.82) is 0 Å². The highest BCUT2D eigenvalue weighted by Crippen LogP contribution is 2.18. The molecule has 7 heteroatoms. The van der Waals surface area contributed by atoms with E-state index in [4.69, 9.17) is 16.7 Å². The second-order valence-electron chi connectivity index (χ2n) is 4.23. The molecule has 20 heavy (non-hydrogen) atoms. The number of anilines is 1. The van der Waals surface area contributed by atoms with Gasteiger partial charge in [0.15, 0.2) is 0 Å². The molecule has 0 radical (unpaired) electrons. The smallest absolute Gasteiger partial charge is 0.337 e. The molecule has 0 saturated carbocycles. The Morgan fingerprint density at radius 3 is 2.55 bits per heavy atom. The second kappa shape index (κ2) is 7.09. The molecule has 1 unspecified atom stereocenters. The van der Waals surface area contributed by atoms with Crippen LogP contribution in [-0.4, -0.2) is 46.0 Å². The van der Waals surface area contributed by atoms with Crippen LogP contribution in [0.4, 0.5) is 5.82 Å². The van der Waals surface area contributed by atoms with Crippen LogP contribution in [0.1, 0.15) is 31.1 Å². The van der Waals surface area contributed by atoms with Gasteiger partial charge >= 0.3 is 5.97 Å². The van der Waals surface area contributed by atoms with E-state index in [2.05, 4.69) is 10.3 Å². The monoisotopic (exact) mass is 299 g/mol. The first-order chi connectivity index (χ1) is 9.40. The van der Waals surface area contributed by atoms with Crippen molar-refractivity contribution in [2.24, 2.45) is 0 Å². The number of likely N-dealkylation sites (N-methyl/N-ethyl adjacent to an activating group) is 1. The maximum absolute atomic E-state index is 12.1. The summed E-state index contributed by atoms with van der Waals surface area (Å²) in [4.78, 5) is 28.7. The third kappa shape index (κ3) is 3.84. The van der Waals surface area contributed by atoms with Crippen LogP contribution < -0.4 is 5.32 Å². The van der Waals surface area contributed by atoms with Gasteiger partial charge < -0.3 is 15.3 Å². The van der Waals surface area contributed by atoms with Crippen LogP contribution in [0, 0.1) is 0 Å². The van der Waals surface area contributed by atoms with Crippen molar-refractivity contribution in [1.82, 2.24) is 9.88 Å². The van der Waals surface area contributed by atoms with Gasteiger partial charge in [-0.15, -0.1) is 0 Å². The molecule has 0 aliphatic rings. The molecule has 0 fully saturated rings. The van der Waals surface area contributed by atoms with Crippen molar-refractivity contribution < 1.29 is 14.7 Å². The zero-order valence-corrected chi connectivity index (χ0v) is 12.4. The van der Waals surface area contributed by atoms with Crippen LogP contribution in [0.2, 0.25) is 5.02 Å². The number of carboxylic acid groups (broad SMARTS) is 1. The van der Waals surface area contributed by atoms with Gasteiger partial charge in [0.1, 0.15) is 11.9 Å². The van der Waals surface area contributed by atoms with Gasteiger partial charge in [0, 0.05) is 19.3 Å². The minimum Gasteiger partial charge on any atom is -0.478 e. The fourth-order valence-electron chi connectivity index (χ4n) is 1.77. The van der Waals surface area contributed by atoms with Crippen LogP contribution in [0.5, 0.6) is 0 Å². The predicted molar refractivity (Wildman–Crippen MR) is 77.2 cm³/mol. The van der Waals surface area contributed by atoms with Gasteiger partial charge in [-0.3, -0.25) is 4.79 Å². The molecule has 1 atom stereocenters. The maximum Gasteiger partial charge on any atom is 0.337 e. The number of hydrogen-bond donors (Lipinski definition) is 2. The van der Waals surface area contributed by atoms with Gasteiger partial charge in [0.25, 0.3) is 0 Å². The maximum atomic E-state index is 12.1. The van der Waals surface area contributed by atoms with E-state index < -0.39 is 12.0 Å². The first-order valence-electron chi connectivity index (χ1n) is 6.34. The lowest BCUT2D eigenvalue weighted by molar-refractivity contribution is -0.131. The zero-order chi connectivity index (χ0) is 15.3. The largest absolute Gasteiger partial charge is 0.478 e. The molecule has 6 nitrogen and oxygen atoms in total. The topological polar surface area (TPSA) is 82.5 Å². The third-order valence-electron chi connectivity index (χ3n) is 2.90. The summed E-state index contributed by atoms with van der Waals surface area (Å²) in [6, 6.07) is 0.821. The van der Waals surface area contributed by atoms with E-state index in [-0.39, 0.29) is 16.5 Å². The molecule has 2 N–H and O–H groups in total. The first kappa shape index (κ1) is 16.2.